The highest BCUT2D eigenvalue weighted by molar-refractivity contribution is 9.10. The molecule has 0 unspecified atom stereocenters. The van der Waals surface area contributed by atoms with Crippen LogP contribution in [0.4, 0.5) is 10.1 Å². The van der Waals surface area contributed by atoms with E-state index in [4.69, 9.17) is 4.74 Å². The number of anilines is 1. The fraction of sp³-hybridized carbons (Fsp3) is 0.235. The molecule has 1 amide bonds. The summed E-state index contributed by atoms with van der Waals surface area (Å²) < 4.78 is 20.0. The van der Waals surface area contributed by atoms with Gasteiger partial charge in [0.05, 0.1) is 17.9 Å². The molecule has 0 radical (unpaired) electrons. The molecule has 116 valence electrons. The van der Waals surface area contributed by atoms with Crippen molar-refractivity contribution < 1.29 is 13.9 Å². The fourth-order valence-electron chi connectivity index (χ4n) is 1.88. The van der Waals surface area contributed by atoms with Crippen LogP contribution in [0.25, 0.3) is 0 Å². The summed E-state index contributed by atoms with van der Waals surface area (Å²) in [6.45, 7) is 2.61. The van der Waals surface area contributed by atoms with Crippen LogP contribution in [0, 0.1) is 5.82 Å². The first-order valence-corrected chi connectivity index (χ1v) is 7.89. The summed E-state index contributed by atoms with van der Waals surface area (Å²) >= 11 is 3.34. The van der Waals surface area contributed by atoms with Crippen LogP contribution >= 0.6 is 15.9 Å². The van der Waals surface area contributed by atoms with Crippen molar-refractivity contribution in [1.29, 1.82) is 0 Å². The van der Waals surface area contributed by atoms with E-state index in [0.29, 0.717) is 17.9 Å². The predicted molar refractivity (Wildman–Crippen MR) is 88.9 cm³/mol. The summed E-state index contributed by atoms with van der Waals surface area (Å²) in [6.07, 6.45) is 1.91. The number of halogens is 2. The van der Waals surface area contributed by atoms with Crippen LogP contribution in [-0.2, 0) is 0 Å². The number of carbonyl (C=O) groups excluding carboxylic acids is 1. The number of hydrogen-bond donors (Lipinski definition) is 1. The van der Waals surface area contributed by atoms with E-state index in [0.717, 1.165) is 17.3 Å². The molecule has 0 heterocycles. The zero-order valence-corrected chi connectivity index (χ0v) is 13.8. The van der Waals surface area contributed by atoms with Crippen molar-refractivity contribution in [2.75, 3.05) is 11.9 Å². The zero-order chi connectivity index (χ0) is 15.9. The number of para-hydroxylation sites is 1. The maximum absolute atomic E-state index is 13.6. The van der Waals surface area contributed by atoms with Gasteiger partial charge < -0.3 is 10.1 Å². The van der Waals surface area contributed by atoms with E-state index < -0.39 is 11.7 Å². The normalized spacial score (nSPS) is 10.3. The molecule has 0 saturated heterocycles. The van der Waals surface area contributed by atoms with Gasteiger partial charge in [-0.25, -0.2) is 4.39 Å². The molecule has 0 fully saturated rings. The van der Waals surface area contributed by atoms with Gasteiger partial charge in [0, 0.05) is 4.47 Å². The lowest BCUT2D eigenvalue weighted by atomic mass is 10.1. The van der Waals surface area contributed by atoms with Gasteiger partial charge in [0.15, 0.2) is 0 Å². The van der Waals surface area contributed by atoms with Crippen molar-refractivity contribution in [3.63, 3.8) is 0 Å². The topological polar surface area (TPSA) is 38.3 Å². The molecule has 2 aromatic rings. The Kier molecular flexibility index (Phi) is 5.95. The second-order valence-electron chi connectivity index (χ2n) is 4.78. The van der Waals surface area contributed by atoms with E-state index in [9.17, 15) is 9.18 Å². The number of hydrogen-bond acceptors (Lipinski definition) is 2. The van der Waals surface area contributed by atoms with Gasteiger partial charge in [0.1, 0.15) is 11.6 Å². The number of unbranched alkanes of at least 4 members (excludes halogenated alkanes) is 1. The lowest BCUT2D eigenvalue weighted by Gasteiger charge is -2.12. The van der Waals surface area contributed by atoms with Gasteiger partial charge in [-0.15, -0.1) is 0 Å². The molecular weight excluding hydrogens is 349 g/mol. The summed E-state index contributed by atoms with van der Waals surface area (Å²) in [5.41, 5.74) is 0.515. The third-order valence-corrected chi connectivity index (χ3v) is 3.56. The van der Waals surface area contributed by atoms with Crippen molar-refractivity contribution in [2.45, 2.75) is 19.8 Å². The first kappa shape index (κ1) is 16.5. The van der Waals surface area contributed by atoms with Gasteiger partial charge in [-0.3, -0.25) is 4.79 Å². The van der Waals surface area contributed by atoms with Crippen LogP contribution in [-0.4, -0.2) is 12.5 Å². The maximum Gasteiger partial charge on any atom is 0.259 e. The molecule has 0 aliphatic rings. The second kappa shape index (κ2) is 7.94. The number of nitrogens with one attached hydrogen (secondary N) is 1. The van der Waals surface area contributed by atoms with E-state index >= 15 is 0 Å². The van der Waals surface area contributed by atoms with Crippen molar-refractivity contribution in [3.8, 4) is 5.75 Å². The molecule has 2 aromatic carbocycles. The minimum absolute atomic E-state index is 0.145. The molecule has 0 aliphatic heterocycles. The van der Waals surface area contributed by atoms with Gasteiger partial charge in [-0.2, -0.15) is 0 Å². The standard InChI is InChI=1S/C17H17BrFNO2/c1-2-3-10-22-16-9-8-12(18)11-13(16)17(21)20-15-7-5-4-6-14(15)19/h4-9,11H,2-3,10H2,1H3,(H,20,21). The number of rotatable bonds is 6. The molecule has 0 aromatic heterocycles. The third kappa shape index (κ3) is 4.31. The third-order valence-electron chi connectivity index (χ3n) is 3.06. The smallest absolute Gasteiger partial charge is 0.259 e. The van der Waals surface area contributed by atoms with E-state index in [2.05, 4.69) is 28.2 Å². The molecule has 0 saturated carbocycles. The summed E-state index contributed by atoms with van der Waals surface area (Å²) in [7, 11) is 0. The van der Waals surface area contributed by atoms with E-state index in [-0.39, 0.29) is 5.69 Å². The average Bonchev–Trinajstić information content (AvgIpc) is 2.51. The van der Waals surface area contributed by atoms with Crippen LogP contribution in [0.3, 0.4) is 0 Å². The molecule has 2 rings (SSSR count). The van der Waals surface area contributed by atoms with Crippen molar-refractivity contribution in [1.82, 2.24) is 0 Å². The second-order valence-corrected chi connectivity index (χ2v) is 5.69. The lowest BCUT2D eigenvalue weighted by Crippen LogP contribution is -2.15. The van der Waals surface area contributed by atoms with Crippen LogP contribution in [0.15, 0.2) is 46.9 Å². The lowest BCUT2D eigenvalue weighted by molar-refractivity contribution is 0.102. The van der Waals surface area contributed by atoms with Crippen LogP contribution < -0.4 is 10.1 Å². The Hall–Kier alpha value is -1.88. The minimum atomic E-state index is -0.473. The van der Waals surface area contributed by atoms with Gasteiger partial charge >= 0.3 is 0 Å². The first-order valence-electron chi connectivity index (χ1n) is 7.10. The summed E-state index contributed by atoms with van der Waals surface area (Å²) in [5, 5.41) is 2.57. The molecule has 0 spiro atoms. The Labute approximate surface area is 137 Å². The van der Waals surface area contributed by atoms with E-state index in [1.807, 2.05) is 0 Å². The van der Waals surface area contributed by atoms with Crippen LogP contribution in [0.5, 0.6) is 5.75 Å². The summed E-state index contributed by atoms with van der Waals surface area (Å²) in [4.78, 5) is 12.4. The molecule has 3 nitrogen and oxygen atoms in total. The maximum atomic E-state index is 13.6. The zero-order valence-electron chi connectivity index (χ0n) is 12.2. The Morgan fingerprint density at radius 1 is 1.27 bits per heavy atom. The molecule has 0 atom stereocenters. The number of ether oxygens (including phenoxy) is 1. The fourth-order valence-corrected chi connectivity index (χ4v) is 2.25. The Morgan fingerprint density at radius 3 is 2.77 bits per heavy atom. The summed E-state index contributed by atoms with van der Waals surface area (Å²) in [6, 6.07) is 11.3. The number of amides is 1. The van der Waals surface area contributed by atoms with Gasteiger partial charge in [0.25, 0.3) is 5.91 Å². The molecule has 22 heavy (non-hydrogen) atoms. The molecule has 1 N–H and O–H groups in total. The Morgan fingerprint density at radius 2 is 2.05 bits per heavy atom. The highest BCUT2D eigenvalue weighted by Gasteiger charge is 2.15. The number of carbonyl (C=O) groups is 1. The van der Waals surface area contributed by atoms with Gasteiger partial charge in [-0.05, 0) is 36.8 Å². The average molecular weight is 366 g/mol. The largest absolute Gasteiger partial charge is 0.493 e. The quantitative estimate of drug-likeness (QED) is 0.729. The van der Waals surface area contributed by atoms with Crippen LogP contribution in [0.1, 0.15) is 30.1 Å². The predicted octanol–water partition coefficient (Wildman–Crippen LogP) is 5.02. The first-order chi connectivity index (χ1) is 10.6. The Bertz CT molecular complexity index is 661. The van der Waals surface area contributed by atoms with E-state index in [1.165, 1.54) is 12.1 Å². The van der Waals surface area contributed by atoms with E-state index in [1.54, 1.807) is 30.3 Å². The molecule has 0 bridgehead atoms. The highest BCUT2D eigenvalue weighted by atomic mass is 79.9. The monoisotopic (exact) mass is 365 g/mol. The van der Waals surface area contributed by atoms with Gasteiger partial charge in [0.2, 0.25) is 0 Å². The summed E-state index contributed by atoms with van der Waals surface area (Å²) in [5.74, 6) is -0.386. The highest BCUT2D eigenvalue weighted by Crippen LogP contribution is 2.25. The Balaban J connectivity index is 2.20. The number of benzene rings is 2. The molecule has 0 aliphatic carbocycles. The SMILES string of the molecule is CCCCOc1ccc(Br)cc1C(=O)Nc1ccccc1F. The van der Waals surface area contributed by atoms with Crippen molar-refractivity contribution >= 4 is 27.5 Å². The van der Waals surface area contributed by atoms with Crippen molar-refractivity contribution in [3.05, 3.63) is 58.3 Å². The van der Waals surface area contributed by atoms with Gasteiger partial charge in [-0.1, -0.05) is 41.4 Å². The van der Waals surface area contributed by atoms with Crippen molar-refractivity contribution in [2.24, 2.45) is 0 Å². The van der Waals surface area contributed by atoms with Crippen LogP contribution in [0.2, 0.25) is 0 Å². The molecule has 5 heteroatoms. The molecular formula is C17H17BrFNO2. The minimum Gasteiger partial charge on any atom is -0.493 e.